The van der Waals surface area contributed by atoms with Crippen LogP contribution in [0.3, 0.4) is 0 Å². The molecule has 1 rings (SSSR count). The lowest BCUT2D eigenvalue weighted by atomic mass is 10.1. The molecule has 0 radical (unpaired) electrons. The number of hydrogen-bond acceptors (Lipinski definition) is 5. The molecule has 0 unspecified atom stereocenters. The van der Waals surface area contributed by atoms with Crippen LogP contribution in [0.2, 0.25) is 0 Å². The monoisotopic (exact) mass is 228 g/mol. The van der Waals surface area contributed by atoms with Crippen molar-refractivity contribution in [2.75, 3.05) is 25.0 Å². The van der Waals surface area contributed by atoms with Crippen LogP contribution in [0.15, 0.2) is 0 Å². The van der Waals surface area contributed by atoms with Crippen molar-refractivity contribution in [1.29, 1.82) is 0 Å². The second-order valence-corrected chi connectivity index (χ2v) is 5.45. The molecule has 4 nitrogen and oxygen atoms in total. The molecule has 0 amide bonds. The van der Waals surface area contributed by atoms with Gasteiger partial charge >= 0.3 is 0 Å². The van der Waals surface area contributed by atoms with E-state index >= 15 is 0 Å². The Morgan fingerprint density at radius 3 is 2.53 bits per heavy atom. The molecule has 0 aliphatic rings. The first-order valence-corrected chi connectivity index (χ1v) is 5.92. The van der Waals surface area contributed by atoms with Crippen molar-refractivity contribution in [3.8, 4) is 0 Å². The molecule has 15 heavy (non-hydrogen) atoms. The van der Waals surface area contributed by atoms with Crippen LogP contribution in [-0.2, 0) is 0 Å². The SMILES string of the molecule is Cc1nsc(N(C)CCNC(C)(C)C)n1. The first-order chi connectivity index (χ1) is 6.88. The van der Waals surface area contributed by atoms with Crippen molar-refractivity contribution in [3.05, 3.63) is 5.82 Å². The summed E-state index contributed by atoms with van der Waals surface area (Å²) in [5, 5.41) is 4.43. The molecule has 0 fully saturated rings. The van der Waals surface area contributed by atoms with Crippen molar-refractivity contribution in [2.24, 2.45) is 0 Å². The van der Waals surface area contributed by atoms with Gasteiger partial charge < -0.3 is 10.2 Å². The molecule has 0 spiro atoms. The van der Waals surface area contributed by atoms with Crippen molar-refractivity contribution in [2.45, 2.75) is 33.2 Å². The number of nitrogens with one attached hydrogen (secondary N) is 1. The third-order valence-corrected chi connectivity index (χ3v) is 2.87. The van der Waals surface area contributed by atoms with E-state index in [9.17, 15) is 0 Å². The standard InChI is InChI=1S/C10H20N4S/c1-8-12-9(15-13-8)14(5)7-6-11-10(2,3)4/h11H,6-7H2,1-5H3. The largest absolute Gasteiger partial charge is 0.349 e. The second kappa shape index (κ2) is 4.90. The first-order valence-electron chi connectivity index (χ1n) is 5.15. The van der Waals surface area contributed by atoms with Gasteiger partial charge in [0.1, 0.15) is 5.82 Å². The Morgan fingerprint density at radius 1 is 1.40 bits per heavy atom. The highest BCUT2D eigenvalue weighted by Crippen LogP contribution is 2.14. The Bertz CT molecular complexity index is 303. The lowest BCUT2D eigenvalue weighted by Gasteiger charge is -2.23. The van der Waals surface area contributed by atoms with Gasteiger partial charge in [0.05, 0.1) is 0 Å². The summed E-state index contributed by atoms with van der Waals surface area (Å²) in [4.78, 5) is 6.46. The summed E-state index contributed by atoms with van der Waals surface area (Å²) >= 11 is 1.45. The molecule has 5 heteroatoms. The number of likely N-dealkylation sites (N-methyl/N-ethyl adjacent to an activating group) is 1. The number of aromatic nitrogens is 2. The van der Waals surface area contributed by atoms with Gasteiger partial charge in [-0.2, -0.15) is 4.37 Å². The highest BCUT2D eigenvalue weighted by atomic mass is 32.1. The van der Waals surface area contributed by atoms with Gasteiger partial charge in [-0.1, -0.05) is 0 Å². The quantitative estimate of drug-likeness (QED) is 0.851. The normalized spacial score (nSPS) is 11.8. The average Bonchev–Trinajstić information content (AvgIpc) is 2.49. The van der Waals surface area contributed by atoms with E-state index in [2.05, 4.69) is 40.3 Å². The minimum atomic E-state index is 0.178. The van der Waals surface area contributed by atoms with Crippen LogP contribution in [-0.4, -0.2) is 35.0 Å². The first kappa shape index (κ1) is 12.4. The maximum atomic E-state index is 4.33. The zero-order valence-corrected chi connectivity index (χ0v) is 11.0. The van der Waals surface area contributed by atoms with Gasteiger partial charge in [-0.05, 0) is 27.7 Å². The summed E-state index contributed by atoms with van der Waals surface area (Å²) in [5.41, 5.74) is 0.178. The van der Waals surface area contributed by atoms with Gasteiger partial charge in [0.25, 0.3) is 0 Å². The molecule has 1 aromatic heterocycles. The molecule has 0 bridgehead atoms. The van der Waals surface area contributed by atoms with E-state index in [0.717, 1.165) is 24.0 Å². The van der Waals surface area contributed by atoms with Crippen LogP contribution < -0.4 is 10.2 Å². The number of rotatable bonds is 4. The predicted molar refractivity (Wildman–Crippen MR) is 65.7 cm³/mol. The lowest BCUT2D eigenvalue weighted by Crippen LogP contribution is -2.40. The highest BCUT2D eigenvalue weighted by Gasteiger charge is 2.10. The van der Waals surface area contributed by atoms with Gasteiger partial charge in [-0.15, -0.1) is 0 Å². The Balaban J connectivity index is 2.34. The summed E-state index contributed by atoms with van der Waals surface area (Å²) in [6, 6.07) is 0. The maximum Gasteiger partial charge on any atom is 0.204 e. The molecule has 0 atom stereocenters. The summed E-state index contributed by atoms with van der Waals surface area (Å²) in [5.74, 6) is 0.852. The molecule has 1 heterocycles. The fourth-order valence-electron chi connectivity index (χ4n) is 1.14. The van der Waals surface area contributed by atoms with Crippen molar-refractivity contribution in [1.82, 2.24) is 14.7 Å². The fourth-order valence-corrected chi connectivity index (χ4v) is 1.79. The molecule has 0 aliphatic heterocycles. The Hall–Kier alpha value is -0.680. The van der Waals surface area contributed by atoms with Gasteiger partial charge in [-0.3, -0.25) is 0 Å². The topological polar surface area (TPSA) is 41.1 Å². The van der Waals surface area contributed by atoms with Crippen LogP contribution in [0.5, 0.6) is 0 Å². The molecule has 0 saturated heterocycles. The van der Waals surface area contributed by atoms with E-state index in [1.807, 2.05) is 14.0 Å². The van der Waals surface area contributed by atoms with Crippen LogP contribution in [0, 0.1) is 6.92 Å². The van der Waals surface area contributed by atoms with Gasteiger partial charge in [0, 0.05) is 37.2 Å². The lowest BCUT2D eigenvalue weighted by molar-refractivity contribution is 0.431. The minimum absolute atomic E-state index is 0.178. The third-order valence-electron chi connectivity index (χ3n) is 1.95. The molecule has 1 aromatic rings. The molecular weight excluding hydrogens is 208 g/mol. The fraction of sp³-hybridized carbons (Fsp3) is 0.800. The van der Waals surface area contributed by atoms with Gasteiger partial charge in [-0.25, -0.2) is 4.98 Å². The highest BCUT2D eigenvalue weighted by molar-refractivity contribution is 7.09. The Labute approximate surface area is 95.9 Å². The average molecular weight is 228 g/mol. The van der Waals surface area contributed by atoms with E-state index in [1.54, 1.807) is 0 Å². The van der Waals surface area contributed by atoms with Crippen molar-refractivity contribution < 1.29 is 0 Å². The molecule has 0 saturated carbocycles. The number of hydrogen-bond donors (Lipinski definition) is 1. The molecule has 0 aromatic carbocycles. The number of anilines is 1. The smallest absolute Gasteiger partial charge is 0.204 e. The summed E-state index contributed by atoms with van der Waals surface area (Å²) in [6.07, 6.45) is 0. The molecule has 86 valence electrons. The number of nitrogens with zero attached hydrogens (tertiary/aromatic N) is 3. The maximum absolute atomic E-state index is 4.33. The van der Waals surface area contributed by atoms with Crippen LogP contribution in [0.4, 0.5) is 5.13 Å². The number of aryl methyl sites for hydroxylation is 1. The second-order valence-electron chi connectivity index (χ2n) is 4.72. The summed E-state index contributed by atoms with van der Waals surface area (Å²) < 4.78 is 4.16. The summed E-state index contributed by atoms with van der Waals surface area (Å²) in [6.45, 7) is 10.3. The minimum Gasteiger partial charge on any atom is -0.349 e. The van der Waals surface area contributed by atoms with Crippen molar-refractivity contribution >= 4 is 16.7 Å². The van der Waals surface area contributed by atoms with Crippen molar-refractivity contribution in [3.63, 3.8) is 0 Å². The summed E-state index contributed by atoms with van der Waals surface area (Å²) in [7, 11) is 2.05. The zero-order chi connectivity index (χ0) is 11.5. The van der Waals surface area contributed by atoms with Crippen LogP contribution in [0.25, 0.3) is 0 Å². The van der Waals surface area contributed by atoms with E-state index < -0.39 is 0 Å². The predicted octanol–water partition coefficient (Wildman–Crippen LogP) is 1.67. The van der Waals surface area contributed by atoms with E-state index in [0.29, 0.717) is 0 Å². The van der Waals surface area contributed by atoms with E-state index in [4.69, 9.17) is 0 Å². The van der Waals surface area contributed by atoms with Gasteiger partial charge in [0.2, 0.25) is 5.13 Å². The van der Waals surface area contributed by atoms with Crippen LogP contribution >= 0.6 is 11.5 Å². The van der Waals surface area contributed by atoms with E-state index in [1.165, 1.54) is 11.5 Å². The third kappa shape index (κ3) is 4.57. The van der Waals surface area contributed by atoms with Gasteiger partial charge in [0.15, 0.2) is 0 Å². The Kier molecular flexibility index (Phi) is 4.04. The molecular formula is C10H20N4S. The molecule has 1 N–H and O–H groups in total. The Morgan fingerprint density at radius 2 is 2.07 bits per heavy atom. The van der Waals surface area contributed by atoms with Crippen LogP contribution in [0.1, 0.15) is 26.6 Å². The zero-order valence-electron chi connectivity index (χ0n) is 10.2. The van der Waals surface area contributed by atoms with E-state index in [-0.39, 0.29) is 5.54 Å². The molecule has 0 aliphatic carbocycles.